The number of benzene rings is 2. The Hall–Kier alpha value is -3.54. The number of esters is 1. The third-order valence-corrected chi connectivity index (χ3v) is 5.24. The van der Waals surface area contributed by atoms with E-state index in [0.717, 1.165) is 39.1 Å². The van der Waals surface area contributed by atoms with Gasteiger partial charge in [0.25, 0.3) is 0 Å². The summed E-state index contributed by atoms with van der Waals surface area (Å²) in [5.74, 6) is 0.410. The summed E-state index contributed by atoms with van der Waals surface area (Å²) in [6.45, 7) is 4.05. The Bertz CT molecular complexity index is 1250. The predicted molar refractivity (Wildman–Crippen MR) is 109 cm³/mol. The van der Waals surface area contributed by atoms with E-state index in [4.69, 9.17) is 9.72 Å². The van der Waals surface area contributed by atoms with Gasteiger partial charge in [-0.05, 0) is 32.0 Å². The first kappa shape index (κ1) is 16.6. The van der Waals surface area contributed by atoms with Crippen molar-refractivity contribution in [2.45, 2.75) is 19.9 Å². The number of aromatic amines is 1. The molecular weight excluding hydrogens is 352 g/mol. The molecule has 1 aliphatic heterocycles. The van der Waals surface area contributed by atoms with Crippen LogP contribution >= 0.6 is 0 Å². The summed E-state index contributed by atoms with van der Waals surface area (Å²) in [5, 5.41) is 4.38. The van der Waals surface area contributed by atoms with Crippen molar-refractivity contribution < 1.29 is 9.53 Å². The SMILES string of the molecule is CCOC(=O)C1=C(C)Nc2nc3ccccc3n2C1c1c[nH]c2ccccc12. The van der Waals surface area contributed by atoms with Crippen LogP contribution in [-0.2, 0) is 9.53 Å². The number of H-pyrrole nitrogens is 1. The van der Waals surface area contributed by atoms with Crippen LogP contribution in [0.1, 0.15) is 25.5 Å². The Labute approximate surface area is 161 Å². The van der Waals surface area contributed by atoms with E-state index in [9.17, 15) is 4.79 Å². The molecule has 0 radical (unpaired) electrons. The van der Waals surface area contributed by atoms with E-state index >= 15 is 0 Å². The molecule has 0 fully saturated rings. The number of nitrogens with one attached hydrogen (secondary N) is 2. The zero-order chi connectivity index (χ0) is 19.3. The van der Waals surface area contributed by atoms with E-state index in [0.29, 0.717) is 12.2 Å². The highest BCUT2D eigenvalue weighted by Crippen LogP contribution is 2.41. The first-order valence-electron chi connectivity index (χ1n) is 9.37. The van der Waals surface area contributed by atoms with Gasteiger partial charge in [-0.2, -0.15) is 0 Å². The molecule has 4 aromatic rings. The molecular formula is C22H20N4O2. The lowest BCUT2D eigenvalue weighted by Gasteiger charge is -2.29. The van der Waals surface area contributed by atoms with Gasteiger partial charge in [0.1, 0.15) is 0 Å². The van der Waals surface area contributed by atoms with E-state index in [1.54, 1.807) is 0 Å². The van der Waals surface area contributed by atoms with Gasteiger partial charge in [0.2, 0.25) is 5.95 Å². The van der Waals surface area contributed by atoms with E-state index in [-0.39, 0.29) is 12.0 Å². The van der Waals surface area contributed by atoms with Crippen LogP contribution in [0, 0.1) is 0 Å². The maximum atomic E-state index is 13.0. The maximum absolute atomic E-state index is 13.0. The smallest absolute Gasteiger partial charge is 0.338 e. The van der Waals surface area contributed by atoms with Crippen molar-refractivity contribution in [1.82, 2.24) is 14.5 Å². The minimum Gasteiger partial charge on any atom is -0.463 e. The molecule has 5 rings (SSSR count). The number of anilines is 1. The molecule has 0 spiro atoms. The van der Waals surface area contributed by atoms with Crippen molar-refractivity contribution in [2.75, 3.05) is 11.9 Å². The average Bonchev–Trinajstić information content (AvgIpc) is 3.28. The number of rotatable bonds is 3. The van der Waals surface area contributed by atoms with Gasteiger partial charge in [-0.1, -0.05) is 30.3 Å². The third-order valence-electron chi connectivity index (χ3n) is 5.24. The fraction of sp³-hybridized carbons (Fsp3) is 0.182. The van der Waals surface area contributed by atoms with E-state index in [1.165, 1.54) is 0 Å². The van der Waals surface area contributed by atoms with Gasteiger partial charge in [0.15, 0.2) is 0 Å². The van der Waals surface area contributed by atoms with E-state index in [1.807, 2.05) is 62.5 Å². The third kappa shape index (κ3) is 2.34. The Morgan fingerprint density at radius 3 is 2.82 bits per heavy atom. The van der Waals surface area contributed by atoms with Gasteiger partial charge in [-0.25, -0.2) is 9.78 Å². The standard InChI is InChI=1S/C22H20N4O2/c1-3-28-21(27)19-13(2)24-22-25-17-10-6-7-11-18(17)26(22)20(19)15-12-23-16-9-5-4-8-14(15)16/h4-12,20,23H,3H2,1-2H3,(H,24,25). The van der Waals surface area contributed by atoms with Gasteiger partial charge in [-0.15, -0.1) is 0 Å². The second-order valence-corrected chi connectivity index (χ2v) is 6.87. The average molecular weight is 372 g/mol. The highest BCUT2D eigenvalue weighted by molar-refractivity contribution is 5.96. The Balaban J connectivity index is 1.82. The van der Waals surface area contributed by atoms with Gasteiger partial charge < -0.3 is 15.0 Å². The van der Waals surface area contributed by atoms with Gasteiger partial charge in [0, 0.05) is 28.4 Å². The quantitative estimate of drug-likeness (QED) is 0.524. The molecule has 3 heterocycles. The summed E-state index contributed by atoms with van der Waals surface area (Å²) >= 11 is 0. The molecule has 6 nitrogen and oxygen atoms in total. The van der Waals surface area contributed by atoms with Crippen molar-refractivity contribution in [3.63, 3.8) is 0 Å². The number of nitrogens with zero attached hydrogens (tertiary/aromatic N) is 2. The highest BCUT2D eigenvalue weighted by atomic mass is 16.5. The lowest BCUT2D eigenvalue weighted by Crippen LogP contribution is -2.28. The monoisotopic (exact) mass is 372 g/mol. The second kappa shape index (κ2) is 6.27. The molecule has 6 heteroatoms. The number of hydrogen-bond donors (Lipinski definition) is 2. The molecule has 0 aliphatic carbocycles. The van der Waals surface area contributed by atoms with Crippen LogP contribution in [0.15, 0.2) is 66.0 Å². The normalized spacial score (nSPS) is 16.3. The Kier molecular flexibility index (Phi) is 3.72. The topological polar surface area (TPSA) is 71.9 Å². The number of carbonyl (C=O) groups is 1. The Morgan fingerprint density at radius 2 is 1.96 bits per heavy atom. The van der Waals surface area contributed by atoms with Crippen molar-refractivity contribution in [1.29, 1.82) is 0 Å². The molecule has 0 bridgehead atoms. The van der Waals surface area contributed by atoms with Gasteiger partial charge >= 0.3 is 5.97 Å². The van der Waals surface area contributed by atoms with Gasteiger partial charge in [0.05, 0.1) is 29.3 Å². The van der Waals surface area contributed by atoms with Gasteiger partial charge in [-0.3, -0.25) is 4.57 Å². The zero-order valence-electron chi connectivity index (χ0n) is 15.7. The molecule has 28 heavy (non-hydrogen) atoms. The molecule has 2 N–H and O–H groups in total. The van der Waals surface area contributed by atoms with Crippen LogP contribution in [0.25, 0.3) is 21.9 Å². The van der Waals surface area contributed by atoms with Crippen LogP contribution in [0.5, 0.6) is 0 Å². The number of ether oxygens (including phenoxy) is 1. The molecule has 0 saturated heterocycles. The molecule has 1 aliphatic rings. The summed E-state index contributed by atoms with van der Waals surface area (Å²) in [7, 11) is 0. The lowest BCUT2D eigenvalue weighted by atomic mass is 9.94. The Morgan fingerprint density at radius 1 is 1.18 bits per heavy atom. The number of fused-ring (bicyclic) bond motifs is 4. The van der Waals surface area contributed by atoms with Crippen molar-refractivity contribution >= 4 is 33.9 Å². The van der Waals surface area contributed by atoms with E-state index < -0.39 is 0 Å². The molecule has 1 unspecified atom stereocenters. The molecule has 2 aromatic carbocycles. The minimum atomic E-state index is -0.334. The van der Waals surface area contributed by atoms with Crippen molar-refractivity contribution in [2.24, 2.45) is 0 Å². The minimum absolute atomic E-state index is 0.314. The fourth-order valence-corrected chi connectivity index (χ4v) is 4.05. The number of imidazole rings is 1. The molecule has 0 amide bonds. The summed E-state index contributed by atoms with van der Waals surface area (Å²) in [5.41, 5.74) is 5.26. The summed E-state index contributed by atoms with van der Waals surface area (Å²) in [4.78, 5) is 21.0. The van der Waals surface area contributed by atoms with Crippen LogP contribution in [-0.4, -0.2) is 27.1 Å². The molecule has 0 saturated carbocycles. The number of carbonyl (C=O) groups excluding carboxylic acids is 1. The molecule has 140 valence electrons. The van der Waals surface area contributed by atoms with Crippen LogP contribution in [0.4, 0.5) is 5.95 Å². The number of allylic oxidation sites excluding steroid dienone is 1. The summed E-state index contributed by atoms with van der Waals surface area (Å²) in [6.07, 6.45) is 1.98. The number of aromatic nitrogens is 3. The fourth-order valence-electron chi connectivity index (χ4n) is 4.05. The number of para-hydroxylation sites is 3. The largest absolute Gasteiger partial charge is 0.463 e. The van der Waals surface area contributed by atoms with Crippen LogP contribution in [0.3, 0.4) is 0 Å². The zero-order valence-corrected chi connectivity index (χ0v) is 15.7. The van der Waals surface area contributed by atoms with E-state index in [2.05, 4.69) is 20.9 Å². The number of hydrogen-bond acceptors (Lipinski definition) is 4. The van der Waals surface area contributed by atoms with Crippen LogP contribution in [0.2, 0.25) is 0 Å². The van der Waals surface area contributed by atoms with Crippen LogP contribution < -0.4 is 5.32 Å². The van der Waals surface area contributed by atoms with Crippen molar-refractivity contribution in [3.8, 4) is 0 Å². The predicted octanol–water partition coefficient (Wildman–Crippen LogP) is 4.37. The lowest BCUT2D eigenvalue weighted by molar-refractivity contribution is -0.139. The maximum Gasteiger partial charge on any atom is 0.338 e. The highest BCUT2D eigenvalue weighted by Gasteiger charge is 2.36. The first-order chi connectivity index (χ1) is 13.7. The molecule has 1 atom stereocenters. The second-order valence-electron chi connectivity index (χ2n) is 6.87. The van der Waals surface area contributed by atoms with Crippen molar-refractivity contribution in [3.05, 3.63) is 71.6 Å². The summed E-state index contributed by atoms with van der Waals surface area (Å²) in [6, 6.07) is 15.7. The first-order valence-corrected chi connectivity index (χ1v) is 9.37. The molecule has 2 aromatic heterocycles. The summed E-state index contributed by atoms with van der Waals surface area (Å²) < 4.78 is 7.50.